The van der Waals surface area contributed by atoms with Crippen LogP contribution >= 0.6 is 0 Å². The topological polar surface area (TPSA) is 15.8 Å². The predicted octanol–water partition coefficient (Wildman–Crippen LogP) is 4.45. The molecular weight excluding hydrogens is 206 g/mol. The molecule has 1 nitrogen and oxygen atoms in total. The van der Waals surface area contributed by atoms with E-state index >= 15 is 0 Å². The summed E-state index contributed by atoms with van der Waals surface area (Å²) in [7, 11) is 0. The van der Waals surface area contributed by atoms with Crippen LogP contribution in [0.15, 0.2) is 48.5 Å². The SMILES string of the molecule is Cc1ccc2[nH]c(-c3ccccc3C)cc2c1. The molecule has 0 fully saturated rings. The highest BCUT2D eigenvalue weighted by atomic mass is 14.7. The average molecular weight is 221 g/mol. The first-order valence-corrected chi connectivity index (χ1v) is 5.89. The van der Waals surface area contributed by atoms with E-state index in [1.165, 1.54) is 33.3 Å². The van der Waals surface area contributed by atoms with Crippen LogP contribution in [0.2, 0.25) is 0 Å². The van der Waals surface area contributed by atoms with Crippen LogP contribution in [-0.2, 0) is 0 Å². The quantitative estimate of drug-likeness (QED) is 0.624. The predicted molar refractivity (Wildman–Crippen MR) is 73.2 cm³/mol. The molecule has 17 heavy (non-hydrogen) atoms. The Kier molecular flexibility index (Phi) is 2.25. The Balaban J connectivity index is 2.22. The molecule has 0 radical (unpaired) electrons. The Labute approximate surface area is 101 Å². The Morgan fingerprint density at radius 2 is 1.71 bits per heavy atom. The number of H-pyrrole nitrogens is 1. The smallest absolute Gasteiger partial charge is 0.0467 e. The van der Waals surface area contributed by atoms with Crippen molar-refractivity contribution in [1.29, 1.82) is 0 Å². The van der Waals surface area contributed by atoms with Gasteiger partial charge in [0.1, 0.15) is 0 Å². The highest BCUT2D eigenvalue weighted by molar-refractivity contribution is 5.86. The van der Waals surface area contributed by atoms with Crippen molar-refractivity contribution in [3.63, 3.8) is 0 Å². The minimum absolute atomic E-state index is 1.20. The van der Waals surface area contributed by atoms with Crippen molar-refractivity contribution in [3.05, 3.63) is 59.7 Å². The second-order valence-corrected chi connectivity index (χ2v) is 4.59. The van der Waals surface area contributed by atoms with E-state index in [2.05, 4.69) is 67.4 Å². The van der Waals surface area contributed by atoms with Gasteiger partial charge in [0.15, 0.2) is 0 Å². The zero-order valence-corrected chi connectivity index (χ0v) is 10.1. The van der Waals surface area contributed by atoms with Gasteiger partial charge in [0, 0.05) is 22.2 Å². The van der Waals surface area contributed by atoms with E-state index in [1.807, 2.05) is 0 Å². The van der Waals surface area contributed by atoms with Crippen LogP contribution in [0.1, 0.15) is 11.1 Å². The van der Waals surface area contributed by atoms with E-state index < -0.39 is 0 Å². The third-order valence-corrected chi connectivity index (χ3v) is 3.21. The first kappa shape index (κ1) is 10.2. The normalized spacial score (nSPS) is 10.9. The molecule has 3 aromatic rings. The maximum atomic E-state index is 3.48. The van der Waals surface area contributed by atoms with Gasteiger partial charge < -0.3 is 4.98 Å². The second-order valence-electron chi connectivity index (χ2n) is 4.59. The van der Waals surface area contributed by atoms with Gasteiger partial charge >= 0.3 is 0 Å². The molecule has 3 rings (SSSR count). The Morgan fingerprint density at radius 3 is 2.53 bits per heavy atom. The number of benzene rings is 2. The van der Waals surface area contributed by atoms with Crippen molar-refractivity contribution in [3.8, 4) is 11.3 Å². The lowest BCUT2D eigenvalue weighted by atomic mass is 10.1. The molecule has 0 spiro atoms. The second kappa shape index (κ2) is 3.77. The summed E-state index contributed by atoms with van der Waals surface area (Å²) in [5.41, 5.74) is 6.28. The van der Waals surface area contributed by atoms with Gasteiger partial charge in [-0.15, -0.1) is 0 Å². The zero-order valence-electron chi connectivity index (χ0n) is 10.1. The van der Waals surface area contributed by atoms with Gasteiger partial charge in [0.25, 0.3) is 0 Å². The van der Waals surface area contributed by atoms with E-state index in [0.29, 0.717) is 0 Å². The molecule has 1 N–H and O–H groups in total. The summed E-state index contributed by atoms with van der Waals surface area (Å²) in [5.74, 6) is 0. The van der Waals surface area contributed by atoms with Crippen LogP contribution in [0, 0.1) is 13.8 Å². The highest BCUT2D eigenvalue weighted by Gasteiger charge is 2.05. The van der Waals surface area contributed by atoms with Gasteiger partial charge in [-0.2, -0.15) is 0 Å². The Hall–Kier alpha value is -2.02. The molecule has 0 aliphatic carbocycles. The van der Waals surface area contributed by atoms with Gasteiger partial charge in [-0.25, -0.2) is 0 Å². The molecule has 0 saturated carbocycles. The largest absolute Gasteiger partial charge is 0.355 e. The molecule has 1 heteroatoms. The molecular formula is C16H15N. The molecule has 1 heterocycles. The zero-order chi connectivity index (χ0) is 11.8. The monoisotopic (exact) mass is 221 g/mol. The molecule has 0 aliphatic rings. The summed E-state index contributed by atoms with van der Waals surface area (Å²) in [6, 6.07) is 17.2. The number of aromatic nitrogens is 1. The minimum Gasteiger partial charge on any atom is -0.355 e. The molecule has 0 atom stereocenters. The van der Waals surface area contributed by atoms with E-state index in [4.69, 9.17) is 0 Å². The average Bonchev–Trinajstić information content (AvgIpc) is 2.72. The number of hydrogen-bond donors (Lipinski definition) is 1. The molecule has 0 saturated heterocycles. The maximum absolute atomic E-state index is 3.48. The summed E-state index contributed by atoms with van der Waals surface area (Å²) in [5, 5.41) is 1.28. The minimum atomic E-state index is 1.20. The standard InChI is InChI=1S/C16H15N/c1-11-7-8-15-13(9-11)10-16(17-15)14-6-4-3-5-12(14)2/h3-10,17H,1-2H3. The van der Waals surface area contributed by atoms with E-state index in [1.54, 1.807) is 0 Å². The van der Waals surface area contributed by atoms with Gasteiger partial charge in [-0.3, -0.25) is 0 Å². The fraction of sp³-hybridized carbons (Fsp3) is 0.125. The van der Waals surface area contributed by atoms with Crippen molar-refractivity contribution in [2.75, 3.05) is 0 Å². The van der Waals surface area contributed by atoms with Crippen LogP contribution in [0.25, 0.3) is 22.2 Å². The van der Waals surface area contributed by atoms with Crippen molar-refractivity contribution in [2.45, 2.75) is 13.8 Å². The Morgan fingerprint density at radius 1 is 0.882 bits per heavy atom. The molecule has 2 aromatic carbocycles. The molecule has 0 amide bonds. The van der Waals surface area contributed by atoms with Gasteiger partial charge in [-0.05, 0) is 37.6 Å². The lowest BCUT2D eigenvalue weighted by Gasteiger charge is -2.01. The van der Waals surface area contributed by atoms with Gasteiger partial charge in [-0.1, -0.05) is 35.9 Å². The van der Waals surface area contributed by atoms with E-state index in [9.17, 15) is 0 Å². The maximum Gasteiger partial charge on any atom is 0.0467 e. The number of nitrogens with one attached hydrogen (secondary N) is 1. The molecule has 0 unspecified atom stereocenters. The summed E-state index contributed by atoms with van der Waals surface area (Å²) in [4.78, 5) is 3.48. The van der Waals surface area contributed by atoms with Crippen LogP contribution in [-0.4, -0.2) is 4.98 Å². The number of aromatic amines is 1. The van der Waals surface area contributed by atoms with E-state index in [0.717, 1.165) is 0 Å². The van der Waals surface area contributed by atoms with Crippen molar-refractivity contribution in [1.82, 2.24) is 4.98 Å². The first-order chi connectivity index (χ1) is 8.24. The number of aryl methyl sites for hydroxylation is 2. The van der Waals surface area contributed by atoms with Crippen molar-refractivity contribution >= 4 is 10.9 Å². The molecule has 0 aliphatic heterocycles. The molecule has 84 valence electrons. The number of rotatable bonds is 1. The van der Waals surface area contributed by atoms with Crippen molar-refractivity contribution in [2.24, 2.45) is 0 Å². The van der Waals surface area contributed by atoms with Crippen LogP contribution in [0.5, 0.6) is 0 Å². The third kappa shape index (κ3) is 1.74. The third-order valence-electron chi connectivity index (χ3n) is 3.21. The summed E-state index contributed by atoms with van der Waals surface area (Å²) in [6.07, 6.45) is 0. The fourth-order valence-electron chi connectivity index (χ4n) is 2.27. The fourth-order valence-corrected chi connectivity index (χ4v) is 2.27. The van der Waals surface area contributed by atoms with Crippen molar-refractivity contribution < 1.29 is 0 Å². The highest BCUT2D eigenvalue weighted by Crippen LogP contribution is 2.26. The number of fused-ring (bicyclic) bond motifs is 1. The summed E-state index contributed by atoms with van der Waals surface area (Å²) < 4.78 is 0. The van der Waals surface area contributed by atoms with Crippen LogP contribution in [0.4, 0.5) is 0 Å². The lowest BCUT2D eigenvalue weighted by Crippen LogP contribution is -1.81. The Bertz CT molecular complexity index is 677. The lowest BCUT2D eigenvalue weighted by molar-refractivity contribution is 1.39. The van der Waals surface area contributed by atoms with Gasteiger partial charge in [0.2, 0.25) is 0 Å². The number of hydrogen-bond acceptors (Lipinski definition) is 0. The molecule has 0 bridgehead atoms. The van der Waals surface area contributed by atoms with Crippen LogP contribution in [0.3, 0.4) is 0 Å². The van der Waals surface area contributed by atoms with E-state index in [-0.39, 0.29) is 0 Å². The summed E-state index contributed by atoms with van der Waals surface area (Å²) >= 11 is 0. The first-order valence-electron chi connectivity index (χ1n) is 5.89. The van der Waals surface area contributed by atoms with Crippen LogP contribution < -0.4 is 0 Å². The molecule has 1 aromatic heterocycles. The van der Waals surface area contributed by atoms with Gasteiger partial charge in [0.05, 0.1) is 0 Å². The summed E-state index contributed by atoms with van der Waals surface area (Å²) in [6.45, 7) is 4.27.